The van der Waals surface area contributed by atoms with Gasteiger partial charge in [0.2, 0.25) is 0 Å². The zero-order valence-electron chi connectivity index (χ0n) is 10.4. The minimum Gasteiger partial charge on any atom is -0.379 e. The summed E-state index contributed by atoms with van der Waals surface area (Å²) in [5.41, 5.74) is 3.01. The van der Waals surface area contributed by atoms with E-state index in [9.17, 15) is 0 Å². The number of nitrogens with one attached hydrogen (secondary N) is 1. The molecule has 0 amide bonds. The Hall–Kier alpha value is -0.750. The number of benzene rings is 1. The van der Waals surface area contributed by atoms with Crippen molar-refractivity contribution in [3.63, 3.8) is 0 Å². The van der Waals surface area contributed by atoms with Crippen molar-refractivity contribution in [2.24, 2.45) is 0 Å². The van der Waals surface area contributed by atoms with Gasteiger partial charge in [-0.15, -0.1) is 0 Å². The number of aryl methyl sites for hydroxylation is 2. The molecule has 18 heavy (non-hydrogen) atoms. The number of halogens is 2. The number of rotatable bonds is 4. The Kier molecular flexibility index (Phi) is 4.50. The van der Waals surface area contributed by atoms with Gasteiger partial charge < -0.3 is 5.32 Å². The Balaban J connectivity index is 2.12. The zero-order valence-corrected chi connectivity index (χ0v) is 13.3. The minimum absolute atomic E-state index is 0.689. The predicted octanol–water partition coefficient (Wildman–Crippen LogP) is 4.08. The van der Waals surface area contributed by atoms with Crippen molar-refractivity contribution in [1.29, 1.82) is 0 Å². The summed E-state index contributed by atoms with van der Waals surface area (Å²) in [4.78, 5) is 0. The van der Waals surface area contributed by atoms with Crippen LogP contribution in [0.5, 0.6) is 0 Å². The molecule has 1 N–H and O–H groups in total. The number of nitrogens with zero attached hydrogens (tertiary/aromatic N) is 2. The highest BCUT2D eigenvalue weighted by molar-refractivity contribution is 14.1. The first-order valence-electron chi connectivity index (χ1n) is 5.83. The van der Waals surface area contributed by atoms with Gasteiger partial charge in [-0.05, 0) is 60.7 Å². The van der Waals surface area contributed by atoms with Crippen molar-refractivity contribution in [2.75, 3.05) is 5.32 Å². The van der Waals surface area contributed by atoms with Crippen LogP contribution in [0.25, 0.3) is 0 Å². The van der Waals surface area contributed by atoms with Crippen molar-refractivity contribution in [2.45, 2.75) is 26.9 Å². The maximum Gasteiger partial charge on any atom is 0.0865 e. The Bertz CT molecular complexity index is 534. The summed E-state index contributed by atoms with van der Waals surface area (Å²) in [5.74, 6) is 0. The SMILES string of the molecule is CCn1nc(C)c(Cl)c1CNc1ccc(I)cc1. The van der Waals surface area contributed by atoms with E-state index in [1.165, 1.54) is 3.57 Å². The summed E-state index contributed by atoms with van der Waals surface area (Å²) in [5, 5.41) is 8.53. The van der Waals surface area contributed by atoms with E-state index >= 15 is 0 Å². The quantitative estimate of drug-likeness (QED) is 0.816. The normalized spacial score (nSPS) is 10.7. The van der Waals surface area contributed by atoms with Crippen molar-refractivity contribution < 1.29 is 0 Å². The van der Waals surface area contributed by atoms with Crippen LogP contribution >= 0.6 is 34.2 Å². The fourth-order valence-electron chi connectivity index (χ4n) is 1.79. The van der Waals surface area contributed by atoms with E-state index in [0.717, 1.165) is 28.6 Å². The average molecular weight is 376 g/mol. The van der Waals surface area contributed by atoms with Crippen molar-refractivity contribution in [3.05, 3.63) is 44.2 Å². The van der Waals surface area contributed by atoms with E-state index in [1.54, 1.807) is 0 Å². The maximum atomic E-state index is 6.26. The van der Waals surface area contributed by atoms with Crippen LogP contribution in [0.4, 0.5) is 5.69 Å². The molecule has 0 fully saturated rings. The lowest BCUT2D eigenvalue weighted by Crippen LogP contribution is -2.08. The Labute approximate surface area is 126 Å². The van der Waals surface area contributed by atoms with Crippen molar-refractivity contribution in [1.82, 2.24) is 9.78 Å². The van der Waals surface area contributed by atoms with Crippen molar-refractivity contribution >= 4 is 39.9 Å². The second kappa shape index (κ2) is 5.93. The lowest BCUT2D eigenvalue weighted by atomic mass is 10.3. The molecule has 0 atom stereocenters. The summed E-state index contributed by atoms with van der Waals surface area (Å²) in [6, 6.07) is 8.28. The van der Waals surface area contributed by atoms with Gasteiger partial charge in [0.25, 0.3) is 0 Å². The van der Waals surface area contributed by atoms with Crippen LogP contribution in [0.1, 0.15) is 18.3 Å². The third-order valence-corrected chi connectivity index (χ3v) is 3.97. The van der Waals surface area contributed by atoms with Crippen LogP contribution in [0, 0.1) is 10.5 Å². The highest BCUT2D eigenvalue weighted by Crippen LogP contribution is 2.21. The van der Waals surface area contributed by atoms with Gasteiger partial charge >= 0.3 is 0 Å². The molecule has 0 saturated carbocycles. The van der Waals surface area contributed by atoms with Crippen LogP contribution in [-0.4, -0.2) is 9.78 Å². The highest BCUT2D eigenvalue weighted by Gasteiger charge is 2.11. The van der Waals surface area contributed by atoms with Gasteiger partial charge in [0.15, 0.2) is 0 Å². The molecule has 0 unspecified atom stereocenters. The topological polar surface area (TPSA) is 29.9 Å². The van der Waals surface area contributed by atoms with E-state index in [1.807, 2.05) is 11.6 Å². The Morgan fingerprint density at radius 2 is 2.00 bits per heavy atom. The van der Waals surface area contributed by atoms with Gasteiger partial charge in [0.05, 0.1) is 23.0 Å². The maximum absolute atomic E-state index is 6.26. The molecule has 2 aromatic rings. The van der Waals surface area contributed by atoms with Crippen LogP contribution in [0.3, 0.4) is 0 Å². The van der Waals surface area contributed by atoms with Crippen LogP contribution in [0.2, 0.25) is 5.02 Å². The molecule has 0 spiro atoms. The van der Waals surface area contributed by atoms with Crippen LogP contribution < -0.4 is 5.32 Å². The minimum atomic E-state index is 0.689. The zero-order chi connectivity index (χ0) is 13.1. The van der Waals surface area contributed by atoms with Crippen molar-refractivity contribution in [3.8, 4) is 0 Å². The summed E-state index contributed by atoms with van der Waals surface area (Å²) >= 11 is 8.55. The number of hydrogen-bond acceptors (Lipinski definition) is 2. The third-order valence-electron chi connectivity index (χ3n) is 2.76. The van der Waals surface area contributed by atoms with Crippen LogP contribution in [0.15, 0.2) is 24.3 Å². The Morgan fingerprint density at radius 3 is 2.61 bits per heavy atom. The number of aromatic nitrogens is 2. The molecule has 1 aromatic heterocycles. The lowest BCUT2D eigenvalue weighted by Gasteiger charge is -2.08. The van der Waals surface area contributed by atoms with Crippen LogP contribution in [-0.2, 0) is 13.1 Å². The second-order valence-electron chi connectivity index (χ2n) is 4.02. The first-order valence-corrected chi connectivity index (χ1v) is 7.28. The smallest absolute Gasteiger partial charge is 0.0865 e. The fraction of sp³-hybridized carbons (Fsp3) is 0.308. The predicted molar refractivity (Wildman–Crippen MR) is 84.1 cm³/mol. The molecule has 0 radical (unpaired) electrons. The third kappa shape index (κ3) is 2.98. The highest BCUT2D eigenvalue weighted by atomic mass is 127. The van der Waals surface area contributed by atoms with E-state index in [2.05, 4.69) is 64.2 Å². The average Bonchev–Trinajstić information content (AvgIpc) is 2.65. The van der Waals surface area contributed by atoms with E-state index in [0.29, 0.717) is 6.54 Å². The fourth-order valence-corrected chi connectivity index (χ4v) is 2.35. The molecule has 0 aliphatic rings. The Morgan fingerprint density at radius 1 is 1.33 bits per heavy atom. The molecule has 2 rings (SSSR count). The summed E-state index contributed by atoms with van der Waals surface area (Å²) in [6.07, 6.45) is 0. The van der Waals surface area contributed by atoms with Gasteiger partial charge in [-0.2, -0.15) is 5.10 Å². The molecular formula is C13H15ClIN3. The number of hydrogen-bond donors (Lipinski definition) is 1. The van der Waals surface area contributed by atoms with E-state index in [-0.39, 0.29) is 0 Å². The van der Waals surface area contributed by atoms with E-state index in [4.69, 9.17) is 11.6 Å². The first kappa shape index (κ1) is 13.7. The summed E-state index contributed by atoms with van der Waals surface area (Å²) in [7, 11) is 0. The molecule has 0 bridgehead atoms. The molecule has 5 heteroatoms. The molecule has 96 valence electrons. The monoisotopic (exact) mass is 375 g/mol. The van der Waals surface area contributed by atoms with Gasteiger partial charge in [-0.3, -0.25) is 4.68 Å². The second-order valence-corrected chi connectivity index (χ2v) is 5.65. The van der Waals surface area contributed by atoms with Gasteiger partial charge in [0.1, 0.15) is 0 Å². The van der Waals surface area contributed by atoms with Gasteiger partial charge in [-0.25, -0.2) is 0 Å². The lowest BCUT2D eigenvalue weighted by molar-refractivity contribution is 0.623. The largest absolute Gasteiger partial charge is 0.379 e. The standard InChI is InChI=1S/C13H15ClIN3/c1-3-18-12(13(14)9(2)17-18)8-16-11-6-4-10(15)5-7-11/h4-7,16H,3,8H2,1-2H3. The van der Waals surface area contributed by atoms with Gasteiger partial charge in [0, 0.05) is 15.8 Å². The molecule has 0 aliphatic carbocycles. The molecule has 1 aromatic carbocycles. The van der Waals surface area contributed by atoms with E-state index < -0.39 is 0 Å². The molecular weight excluding hydrogens is 361 g/mol. The molecule has 3 nitrogen and oxygen atoms in total. The molecule has 0 saturated heterocycles. The molecule has 0 aliphatic heterocycles. The molecule has 1 heterocycles. The number of anilines is 1. The summed E-state index contributed by atoms with van der Waals surface area (Å²) < 4.78 is 3.17. The first-order chi connectivity index (χ1) is 8.61. The summed E-state index contributed by atoms with van der Waals surface area (Å²) in [6.45, 7) is 5.52. The van der Waals surface area contributed by atoms with Gasteiger partial charge in [-0.1, -0.05) is 11.6 Å².